The van der Waals surface area contributed by atoms with Crippen molar-refractivity contribution in [2.24, 2.45) is 0 Å². The molecule has 0 saturated heterocycles. The van der Waals surface area contributed by atoms with Gasteiger partial charge in [-0.15, -0.1) is 11.8 Å². The van der Waals surface area contributed by atoms with E-state index >= 15 is 0 Å². The number of non-ortho nitro benzene ring substituents is 1. The molecule has 4 rings (SSSR count). The summed E-state index contributed by atoms with van der Waals surface area (Å²) in [4.78, 5) is 49.9. The van der Waals surface area contributed by atoms with Crippen molar-refractivity contribution >= 4 is 64.0 Å². The summed E-state index contributed by atoms with van der Waals surface area (Å²) in [6, 6.07) is 21.8. The van der Waals surface area contributed by atoms with E-state index in [1.54, 1.807) is 74.5 Å². The van der Waals surface area contributed by atoms with Gasteiger partial charge in [0.15, 0.2) is 0 Å². The van der Waals surface area contributed by atoms with Crippen LogP contribution in [-0.4, -0.2) is 27.9 Å². The number of hydrogen-bond donors (Lipinski definition) is 3. The average Bonchev–Trinajstić information content (AvgIpc) is 3.48. The Bertz CT molecular complexity index is 1590. The molecule has 1 aromatic heterocycles. The lowest BCUT2D eigenvalue weighted by Gasteiger charge is -2.14. The fraction of sp³-hybridized carbons (Fsp3) is 0.100. The van der Waals surface area contributed by atoms with Gasteiger partial charge in [0, 0.05) is 34.0 Å². The minimum Gasteiger partial charge on any atom is -0.325 e. The molecule has 4 aromatic rings. The zero-order chi connectivity index (χ0) is 29.4. The summed E-state index contributed by atoms with van der Waals surface area (Å²) >= 11 is 2.81. The molecule has 1 atom stereocenters. The van der Waals surface area contributed by atoms with Crippen LogP contribution in [0.1, 0.15) is 28.4 Å². The molecule has 0 aliphatic rings. The monoisotopic (exact) mass is 586 g/mol. The van der Waals surface area contributed by atoms with Gasteiger partial charge in [-0.3, -0.25) is 24.5 Å². The summed E-state index contributed by atoms with van der Waals surface area (Å²) in [5, 5.41) is 22.6. The van der Waals surface area contributed by atoms with Crippen molar-refractivity contribution in [3.8, 4) is 0 Å². The highest BCUT2D eigenvalue weighted by Gasteiger charge is 2.18. The normalized spacial score (nSPS) is 11.8. The molecule has 0 saturated carbocycles. The zero-order valence-electron chi connectivity index (χ0n) is 22.1. The third-order valence-electron chi connectivity index (χ3n) is 5.86. The number of nitro groups is 1. The smallest absolute Gasteiger partial charge is 0.272 e. The van der Waals surface area contributed by atoms with Crippen molar-refractivity contribution in [1.82, 2.24) is 5.32 Å². The number of anilines is 2. The topological polar surface area (TPSA) is 130 Å². The van der Waals surface area contributed by atoms with Gasteiger partial charge in [-0.05, 0) is 90.3 Å². The third kappa shape index (κ3) is 8.13. The van der Waals surface area contributed by atoms with Gasteiger partial charge in [-0.1, -0.05) is 18.2 Å². The third-order valence-corrected chi connectivity index (χ3v) is 7.67. The van der Waals surface area contributed by atoms with Gasteiger partial charge in [-0.25, -0.2) is 0 Å². The Labute approximate surface area is 244 Å². The molecule has 3 amide bonds. The molecular weight excluding hydrogens is 560 g/mol. The van der Waals surface area contributed by atoms with Crippen molar-refractivity contribution in [3.63, 3.8) is 0 Å². The number of benzene rings is 3. The molecule has 0 aliphatic heterocycles. The number of nitro benzene ring substituents is 1. The molecule has 208 valence electrons. The highest BCUT2D eigenvalue weighted by Crippen LogP contribution is 2.27. The SMILES string of the molecule is Cc1cc([N+](=O)[O-])ccc1NC(=O)C(C)Sc1ccc(NC(=O)/C(=C/c2ccsc2)NC(=O)c2ccccc2)cc1. The molecular formula is C30H26N4O5S2. The molecule has 0 spiro atoms. The molecule has 0 fully saturated rings. The lowest BCUT2D eigenvalue weighted by molar-refractivity contribution is -0.384. The fourth-order valence-corrected chi connectivity index (χ4v) is 5.16. The van der Waals surface area contributed by atoms with Crippen molar-refractivity contribution in [3.05, 3.63) is 122 Å². The van der Waals surface area contributed by atoms with Crippen LogP contribution in [0.2, 0.25) is 0 Å². The maximum absolute atomic E-state index is 13.1. The fourth-order valence-electron chi connectivity index (χ4n) is 3.68. The van der Waals surface area contributed by atoms with Crippen molar-refractivity contribution < 1.29 is 19.3 Å². The largest absolute Gasteiger partial charge is 0.325 e. The molecule has 41 heavy (non-hydrogen) atoms. The summed E-state index contributed by atoms with van der Waals surface area (Å²) in [6.45, 7) is 3.45. The molecule has 0 aliphatic carbocycles. The van der Waals surface area contributed by atoms with Gasteiger partial charge in [0.05, 0.1) is 10.2 Å². The van der Waals surface area contributed by atoms with Crippen LogP contribution in [-0.2, 0) is 9.59 Å². The Morgan fingerprint density at radius 1 is 0.976 bits per heavy atom. The van der Waals surface area contributed by atoms with E-state index in [1.165, 1.54) is 41.3 Å². The Kier molecular flexibility index (Phi) is 9.67. The molecule has 9 nitrogen and oxygen atoms in total. The number of thiophene rings is 1. The lowest BCUT2D eigenvalue weighted by Crippen LogP contribution is -2.30. The Balaban J connectivity index is 1.38. The Morgan fingerprint density at radius 2 is 1.71 bits per heavy atom. The van der Waals surface area contributed by atoms with E-state index in [2.05, 4.69) is 16.0 Å². The van der Waals surface area contributed by atoms with E-state index in [9.17, 15) is 24.5 Å². The van der Waals surface area contributed by atoms with E-state index in [0.717, 1.165) is 10.5 Å². The maximum atomic E-state index is 13.1. The summed E-state index contributed by atoms with van der Waals surface area (Å²) in [6.07, 6.45) is 1.61. The summed E-state index contributed by atoms with van der Waals surface area (Å²) in [5.74, 6) is -1.13. The van der Waals surface area contributed by atoms with Gasteiger partial charge in [0.1, 0.15) is 5.70 Å². The minimum atomic E-state index is -0.481. The predicted molar refractivity (Wildman–Crippen MR) is 163 cm³/mol. The van der Waals surface area contributed by atoms with Crippen molar-refractivity contribution in [2.45, 2.75) is 24.0 Å². The minimum absolute atomic E-state index is 0.0391. The van der Waals surface area contributed by atoms with Crippen molar-refractivity contribution in [1.29, 1.82) is 0 Å². The molecule has 1 heterocycles. The number of amides is 3. The first kappa shape index (κ1) is 29.2. The van der Waals surface area contributed by atoms with Crippen molar-refractivity contribution in [2.75, 3.05) is 10.6 Å². The summed E-state index contributed by atoms with van der Waals surface area (Å²) in [7, 11) is 0. The van der Waals surface area contributed by atoms with Crippen LogP contribution < -0.4 is 16.0 Å². The van der Waals surface area contributed by atoms with E-state index in [0.29, 0.717) is 22.5 Å². The molecule has 3 N–H and O–H groups in total. The van der Waals surface area contributed by atoms with Gasteiger partial charge >= 0.3 is 0 Å². The van der Waals surface area contributed by atoms with Gasteiger partial charge in [0.2, 0.25) is 5.91 Å². The highest BCUT2D eigenvalue weighted by atomic mass is 32.2. The quantitative estimate of drug-likeness (QED) is 0.0842. The number of carbonyl (C=O) groups is 3. The highest BCUT2D eigenvalue weighted by molar-refractivity contribution is 8.00. The molecule has 0 radical (unpaired) electrons. The second-order valence-corrected chi connectivity index (χ2v) is 11.1. The van der Waals surface area contributed by atoms with Crippen LogP contribution in [0, 0.1) is 17.0 Å². The second-order valence-electron chi connectivity index (χ2n) is 8.92. The number of nitrogens with zero attached hydrogens (tertiary/aromatic N) is 1. The molecule has 3 aromatic carbocycles. The molecule has 0 bridgehead atoms. The Hall–Kier alpha value is -4.74. The first-order valence-electron chi connectivity index (χ1n) is 12.4. The standard InChI is InChI=1S/C30H26N4O5S2/c1-19-16-24(34(38)39)10-13-26(19)32-28(35)20(2)41-25-11-8-23(9-12-25)31-30(37)27(17-21-14-15-40-18-21)33-29(36)22-6-4-3-5-7-22/h3-18,20H,1-2H3,(H,31,37)(H,32,35)(H,33,36)/b27-17-. The van der Waals surface area contributed by atoms with Gasteiger partial charge in [-0.2, -0.15) is 11.3 Å². The van der Waals surface area contributed by atoms with E-state index in [4.69, 9.17) is 0 Å². The summed E-state index contributed by atoms with van der Waals surface area (Å²) < 4.78 is 0. The van der Waals surface area contributed by atoms with Crippen LogP contribution in [0.3, 0.4) is 0 Å². The number of nitrogens with one attached hydrogen (secondary N) is 3. The molecule has 1 unspecified atom stereocenters. The van der Waals surface area contributed by atoms with E-state index in [-0.39, 0.29) is 17.3 Å². The maximum Gasteiger partial charge on any atom is 0.272 e. The Morgan fingerprint density at radius 3 is 2.34 bits per heavy atom. The number of hydrogen-bond acceptors (Lipinski definition) is 7. The van der Waals surface area contributed by atoms with Gasteiger partial charge < -0.3 is 16.0 Å². The average molecular weight is 587 g/mol. The van der Waals surface area contributed by atoms with Crippen LogP contribution in [0.5, 0.6) is 0 Å². The van der Waals surface area contributed by atoms with Crippen LogP contribution in [0.15, 0.2) is 100 Å². The predicted octanol–water partition coefficient (Wildman–Crippen LogP) is 6.49. The van der Waals surface area contributed by atoms with Crippen LogP contribution in [0.4, 0.5) is 17.1 Å². The van der Waals surface area contributed by atoms with E-state index in [1.807, 2.05) is 16.8 Å². The van der Waals surface area contributed by atoms with Crippen LogP contribution >= 0.6 is 23.1 Å². The number of carbonyl (C=O) groups excluding carboxylic acids is 3. The van der Waals surface area contributed by atoms with E-state index < -0.39 is 22.0 Å². The first-order valence-corrected chi connectivity index (χ1v) is 14.3. The van der Waals surface area contributed by atoms with Crippen LogP contribution in [0.25, 0.3) is 6.08 Å². The lowest BCUT2D eigenvalue weighted by atomic mass is 10.2. The first-order chi connectivity index (χ1) is 19.7. The zero-order valence-corrected chi connectivity index (χ0v) is 23.8. The number of rotatable bonds is 10. The second kappa shape index (κ2) is 13.6. The molecule has 11 heteroatoms. The summed E-state index contributed by atoms with van der Waals surface area (Å²) in [5.41, 5.74) is 2.90. The number of aryl methyl sites for hydroxylation is 1. The number of thioether (sulfide) groups is 1. The van der Waals surface area contributed by atoms with Gasteiger partial charge in [0.25, 0.3) is 17.5 Å².